The van der Waals surface area contributed by atoms with Crippen LogP contribution in [-0.2, 0) is 14.8 Å². The summed E-state index contributed by atoms with van der Waals surface area (Å²) < 4.78 is 45.5. The Kier molecular flexibility index (Phi) is 6.07. The van der Waals surface area contributed by atoms with E-state index in [1.165, 1.54) is 0 Å². The number of hydrogen-bond donors (Lipinski definition) is 1. The lowest BCUT2D eigenvalue weighted by atomic mass is 10.2. The Balaban J connectivity index is 2.03. The molecule has 1 atom stereocenters. The first-order valence-electron chi connectivity index (χ1n) is 7.40. The van der Waals surface area contributed by atoms with Gasteiger partial charge in [0.1, 0.15) is 11.9 Å². The average Bonchev–Trinajstić information content (AvgIpc) is 2.98. The molecule has 0 spiro atoms. The minimum atomic E-state index is -3.77. The minimum absolute atomic E-state index is 0.100. The first-order valence-corrected chi connectivity index (χ1v) is 8.88. The predicted octanol–water partition coefficient (Wildman–Crippen LogP) is 1.09. The van der Waals surface area contributed by atoms with Crippen molar-refractivity contribution in [3.8, 4) is 6.07 Å². The maximum absolute atomic E-state index is 13.3. The number of methoxy groups -OCH3 is 1. The topological polar surface area (TPSA) is 82.4 Å². The highest BCUT2D eigenvalue weighted by Gasteiger charge is 2.26. The van der Waals surface area contributed by atoms with E-state index in [0.29, 0.717) is 6.61 Å². The first-order chi connectivity index (χ1) is 11.0. The monoisotopic (exact) mass is 341 g/mol. The second-order valence-corrected chi connectivity index (χ2v) is 7.20. The van der Waals surface area contributed by atoms with Gasteiger partial charge in [-0.3, -0.25) is 4.90 Å². The van der Waals surface area contributed by atoms with Crippen LogP contribution in [0.15, 0.2) is 23.1 Å². The van der Waals surface area contributed by atoms with E-state index in [0.717, 1.165) is 44.1 Å². The van der Waals surface area contributed by atoms with Crippen molar-refractivity contribution in [2.24, 2.45) is 0 Å². The van der Waals surface area contributed by atoms with Crippen molar-refractivity contribution in [3.05, 3.63) is 29.6 Å². The number of nitrogens with zero attached hydrogens (tertiary/aromatic N) is 2. The molecule has 8 heteroatoms. The maximum Gasteiger partial charge on any atom is 0.240 e. The van der Waals surface area contributed by atoms with Crippen molar-refractivity contribution >= 4 is 10.0 Å². The summed E-state index contributed by atoms with van der Waals surface area (Å²) in [6, 6.07) is 4.97. The molecule has 1 aliphatic heterocycles. The molecule has 2 rings (SSSR count). The third-order valence-electron chi connectivity index (χ3n) is 3.96. The fraction of sp³-hybridized carbons (Fsp3) is 0.533. The lowest BCUT2D eigenvalue weighted by Gasteiger charge is -2.24. The molecule has 1 saturated heterocycles. The zero-order chi connectivity index (χ0) is 16.9. The van der Waals surface area contributed by atoms with Gasteiger partial charge in [0.05, 0.1) is 17.1 Å². The van der Waals surface area contributed by atoms with Crippen molar-refractivity contribution in [1.82, 2.24) is 9.62 Å². The lowest BCUT2D eigenvalue weighted by molar-refractivity contribution is 0.141. The Morgan fingerprint density at radius 1 is 1.52 bits per heavy atom. The number of likely N-dealkylation sites (tertiary alicyclic amines) is 1. The molecule has 6 nitrogen and oxygen atoms in total. The molecule has 1 aliphatic rings. The standard InChI is InChI=1S/C15H20FN3O3S/c1-22-8-7-19-6-2-3-13(19)11-18-23(20,21)14-4-5-15(16)12(9-14)10-17/h4-5,9,13,18H,2-3,6-8,11H2,1H3/t13-/m1/s1. The fourth-order valence-corrected chi connectivity index (χ4v) is 3.77. The number of rotatable bonds is 7. The Morgan fingerprint density at radius 2 is 2.30 bits per heavy atom. The van der Waals surface area contributed by atoms with E-state index >= 15 is 0 Å². The van der Waals surface area contributed by atoms with Crippen molar-refractivity contribution in [2.45, 2.75) is 23.8 Å². The molecule has 0 amide bonds. The fourth-order valence-electron chi connectivity index (χ4n) is 2.68. The van der Waals surface area contributed by atoms with Crippen LogP contribution in [0.1, 0.15) is 18.4 Å². The highest BCUT2D eigenvalue weighted by molar-refractivity contribution is 7.89. The smallest absolute Gasteiger partial charge is 0.240 e. The van der Waals surface area contributed by atoms with Crippen LogP contribution in [-0.4, -0.2) is 52.7 Å². The molecular weight excluding hydrogens is 321 g/mol. The van der Waals surface area contributed by atoms with Gasteiger partial charge in [0.25, 0.3) is 0 Å². The van der Waals surface area contributed by atoms with Gasteiger partial charge in [-0.05, 0) is 37.6 Å². The van der Waals surface area contributed by atoms with Crippen LogP contribution >= 0.6 is 0 Å². The number of nitriles is 1. The Bertz CT molecular complexity index is 688. The summed E-state index contributed by atoms with van der Waals surface area (Å²) in [6.45, 7) is 2.57. The summed E-state index contributed by atoms with van der Waals surface area (Å²) in [4.78, 5) is 2.09. The molecule has 0 radical (unpaired) electrons. The van der Waals surface area contributed by atoms with Gasteiger partial charge in [-0.1, -0.05) is 0 Å². The van der Waals surface area contributed by atoms with E-state index < -0.39 is 15.8 Å². The van der Waals surface area contributed by atoms with Crippen LogP contribution in [0, 0.1) is 17.1 Å². The third kappa shape index (κ3) is 4.48. The van der Waals surface area contributed by atoms with Crippen molar-refractivity contribution in [3.63, 3.8) is 0 Å². The number of halogens is 1. The molecule has 1 aromatic carbocycles. The first kappa shape index (κ1) is 17.8. The number of ether oxygens (including phenoxy) is 1. The zero-order valence-corrected chi connectivity index (χ0v) is 13.8. The average molecular weight is 341 g/mol. The van der Waals surface area contributed by atoms with Gasteiger partial charge in [-0.25, -0.2) is 17.5 Å². The molecule has 126 valence electrons. The largest absolute Gasteiger partial charge is 0.383 e. The van der Waals surface area contributed by atoms with Gasteiger partial charge in [0.15, 0.2) is 0 Å². The molecule has 23 heavy (non-hydrogen) atoms. The van der Waals surface area contributed by atoms with Crippen LogP contribution in [0.5, 0.6) is 0 Å². The lowest BCUT2D eigenvalue weighted by Crippen LogP contribution is -2.41. The van der Waals surface area contributed by atoms with Gasteiger partial charge >= 0.3 is 0 Å². The normalized spacial score (nSPS) is 18.9. The second kappa shape index (κ2) is 7.84. The van der Waals surface area contributed by atoms with E-state index in [4.69, 9.17) is 10.00 Å². The summed E-state index contributed by atoms with van der Waals surface area (Å²) in [5, 5.41) is 8.80. The van der Waals surface area contributed by atoms with Crippen molar-refractivity contribution in [1.29, 1.82) is 5.26 Å². The van der Waals surface area contributed by atoms with Gasteiger partial charge in [-0.2, -0.15) is 5.26 Å². The Labute approximate surface area is 135 Å². The number of nitrogens with one attached hydrogen (secondary N) is 1. The summed E-state index contributed by atoms with van der Waals surface area (Å²) >= 11 is 0. The number of hydrogen-bond acceptors (Lipinski definition) is 5. The van der Waals surface area contributed by atoms with Crippen molar-refractivity contribution in [2.75, 3.05) is 33.4 Å². The van der Waals surface area contributed by atoms with E-state index in [1.807, 2.05) is 0 Å². The molecule has 0 bridgehead atoms. The summed E-state index contributed by atoms with van der Waals surface area (Å²) in [5.41, 5.74) is -0.282. The van der Waals surface area contributed by atoms with E-state index in [-0.39, 0.29) is 23.0 Å². The highest BCUT2D eigenvalue weighted by atomic mass is 32.2. The molecule has 0 saturated carbocycles. The number of sulfonamides is 1. The molecule has 0 unspecified atom stereocenters. The van der Waals surface area contributed by atoms with E-state index in [9.17, 15) is 12.8 Å². The molecule has 0 aliphatic carbocycles. The quantitative estimate of drug-likeness (QED) is 0.803. The second-order valence-electron chi connectivity index (χ2n) is 5.43. The zero-order valence-electron chi connectivity index (χ0n) is 13.0. The highest BCUT2D eigenvalue weighted by Crippen LogP contribution is 2.18. The third-order valence-corrected chi connectivity index (χ3v) is 5.38. The molecule has 1 heterocycles. The van der Waals surface area contributed by atoms with Crippen LogP contribution in [0.3, 0.4) is 0 Å². The van der Waals surface area contributed by atoms with Gasteiger partial charge in [-0.15, -0.1) is 0 Å². The SMILES string of the molecule is COCCN1CCC[C@@H]1CNS(=O)(=O)c1ccc(F)c(C#N)c1. The molecule has 1 aromatic rings. The minimum Gasteiger partial charge on any atom is -0.383 e. The summed E-state index contributed by atoms with van der Waals surface area (Å²) in [6.07, 6.45) is 1.93. The van der Waals surface area contributed by atoms with Crippen LogP contribution in [0.4, 0.5) is 4.39 Å². The Hall–Kier alpha value is -1.53. The molecule has 1 fully saturated rings. The van der Waals surface area contributed by atoms with Gasteiger partial charge < -0.3 is 4.74 Å². The van der Waals surface area contributed by atoms with Gasteiger partial charge in [0.2, 0.25) is 10.0 Å². The van der Waals surface area contributed by atoms with Crippen LogP contribution in [0.2, 0.25) is 0 Å². The van der Waals surface area contributed by atoms with Crippen LogP contribution < -0.4 is 4.72 Å². The van der Waals surface area contributed by atoms with E-state index in [1.54, 1.807) is 13.2 Å². The molecule has 0 aromatic heterocycles. The maximum atomic E-state index is 13.3. The van der Waals surface area contributed by atoms with Gasteiger partial charge in [0, 0.05) is 26.2 Å². The number of benzene rings is 1. The van der Waals surface area contributed by atoms with E-state index in [2.05, 4.69) is 9.62 Å². The molecular formula is C15H20FN3O3S. The summed E-state index contributed by atoms with van der Waals surface area (Å²) in [5.74, 6) is -0.729. The van der Waals surface area contributed by atoms with Crippen molar-refractivity contribution < 1.29 is 17.5 Å². The Morgan fingerprint density at radius 3 is 3.00 bits per heavy atom. The predicted molar refractivity (Wildman–Crippen MR) is 82.8 cm³/mol. The van der Waals surface area contributed by atoms with Crippen LogP contribution in [0.25, 0.3) is 0 Å². The summed E-state index contributed by atoms with van der Waals surface area (Å²) in [7, 11) is -2.13. The molecule has 1 N–H and O–H groups in total.